The van der Waals surface area contributed by atoms with Gasteiger partial charge in [0.25, 0.3) is 0 Å². The topological polar surface area (TPSA) is 20.2 Å². The summed E-state index contributed by atoms with van der Waals surface area (Å²) in [5.74, 6) is 4.68. The van der Waals surface area contributed by atoms with Gasteiger partial charge >= 0.3 is 0 Å². The van der Waals surface area contributed by atoms with Crippen molar-refractivity contribution in [3.63, 3.8) is 0 Å². The zero-order valence-corrected chi connectivity index (χ0v) is 20.3. The Bertz CT molecular complexity index is 632. The highest BCUT2D eigenvalue weighted by molar-refractivity contribution is 5.35. The molecule has 0 aromatic rings. The standard InChI is InChI=1S/C28H48O/c1-18(2)8-7-9-19(3)22-12-13-24-21-10-11-23-20(4)26(29)15-17-28(23,6)25(21)14-16-27(22,24)5/h18-20,22-23,25-26,29H,7-17H2,1-6H3/t19-,20+,22-,23?,25+,26+,27-,28+/m1/s1. The summed E-state index contributed by atoms with van der Waals surface area (Å²) in [5.41, 5.74) is 4.78. The van der Waals surface area contributed by atoms with Crippen LogP contribution in [0.3, 0.4) is 0 Å². The molecule has 0 heterocycles. The van der Waals surface area contributed by atoms with Gasteiger partial charge in [0.05, 0.1) is 6.10 Å². The number of aliphatic hydroxyl groups is 1. The number of rotatable bonds is 5. The molecule has 0 aromatic carbocycles. The van der Waals surface area contributed by atoms with E-state index in [1.54, 1.807) is 0 Å². The minimum Gasteiger partial charge on any atom is -0.393 e. The van der Waals surface area contributed by atoms with Crippen LogP contribution >= 0.6 is 0 Å². The summed E-state index contributed by atoms with van der Waals surface area (Å²) in [5, 5.41) is 10.5. The predicted molar refractivity (Wildman–Crippen MR) is 124 cm³/mol. The number of aliphatic hydroxyl groups excluding tert-OH is 1. The second-order valence-corrected chi connectivity index (χ2v) is 12.6. The summed E-state index contributed by atoms with van der Waals surface area (Å²) in [6.45, 7) is 14.9. The normalized spacial score (nSPS) is 45.7. The van der Waals surface area contributed by atoms with Crippen molar-refractivity contribution in [2.24, 2.45) is 46.3 Å². The van der Waals surface area contributed by atoms with E-state index >= 15 is 0 Å². The molecule has 4 rings (SSSR count). The van der Waals surface area contributed by atoms with Crippen LogP contribution in [-0.4, -0.2) is 11.2 Å². The smallest absolute Gasteiger partial charge is 0.0568 e. The first-order valence-corrected chi connectivity index (χ1v) is 13.1. The lowest BCUT2D eigenvalue weighted by Crippen LogP contribution is -2.51. The van der Waals surface area contributed by atoms with E-state index in [1.165, 1.54) is 64.2 Å². The third kappa shape index (κ3) is 3.56. The number of hydrogen-bond donors (Lipinski definition) is 1. The summed E-state index contributed by atoms with van der Waals surface area (Å²) >= 11 is 0. The van der Waals surface area contributed by atoms with Crippen LogP contribution in [0.1, 0.15) is 112 Å². The van der Waals surface area contributed by atoms with E-state index in [9.17, 15) is 5.11 Å². The second-order valence-electron chi connectivity index (χ2n) is 12.6. The van der Waals surface area contributed by atoms with E-state index in [0.717, 1.165) is 36.0 Å². The third-order valence-corrected chi connectivity index (χ3v) is 10.7. The van der Waals surface area contributed by atoms with Gasteiger partial charge in [0.1, 0.15) is 0 Å². The third-order valence-electron chi connectivity index (χ3n) is 10.7. The zero-order valence-electron chi connectivity index (χ0n) is 20.3. The molecule has 4 aliphatic rings. The largest absolute Gasteiger partial charge is 0.393 e. The van der Waals surface area contributed by atoms with E-state index in [0.29, 0.717) is 16.7 Å². The molecule has 8 atom stereocenters. The molecule has 1 heteroatoms. The highest BCUT2D eigenvalue weighted by Crippen LogP contribution is 2.66. The highest BCUT2D eigenvalue weighted by Gasteiger charge is 2.56. The fourth-order valence-corrected chi connectivity index (χ4v) is 8.95. The van der Waals surface area contributed by atoms with Crippen LogP contribution < -0.4 is 0 Å². The van der Waals surface area contributed by atoms with Crippen LogP contribution in [0.15, 0.2) is 11.1 Å². The Morgan fingerprint density at radius 3 is 2.45 bits per heavy atom. The molecule has 0 amide bonds. The molecule has 29 heavy (non-hydrogen) atoms. The molecule has 166 valence electrons. The van der Waals surface area contributed by atoms with Crippen LogP contribution in [-0.2, 0) is 0 Å². The van der Waals surface area contributed by atoms with Crippen LogP contribution in [0.5, 0.6) is 0 Å². The highest BCUT2D eigenvalue weighted by atomic mass is 16.3. The van der Waals surface area contributed by atoms with Crippen molar-refractivity contribution in [1.82, 2.24) is 0 Å². The fraction of sp³-hybridized carbons (Fsp3) is 0.929. The Hall–Kier alpha value is -0.300. The van der Waals surface area contributed by atoms with Crippen molar-refractivity contribution in [2.75, 3.05) is 0 Å². The lowest BCUT2D eigenvalue weighted by atomic mass is 9.47. The molecule has 1 unspecified atom stereocenters. The summed E-state index contributed by atoms with van der Waals surface area (Å²) in [6, 6.07) is 0. The maximum atomic E-state index is 10.5. The van der Waals surface area contributed by atoms with Crippen LogP contribution in [0.25, 0.3) is 0 Å². The van der Waals surface area contributed by atoms with E-state index < -0.39 is 0 Å². The first-order valence-electron chi connectivity index (χ1n) is 13.1. The Kier molecular flexibility index (Phi) is 6.04. The van der Waals surface area contributed by atoms with Crippen LogP contribution in [0, 0.1) is 46.3 Å². The molecule has 3 saturated carbocycles. The molecule has 4 aliphatic carbocycles. The molecule has 0 aromatic heterocycles. The van der Waals surface area contributed by atoms with E-state index in [-0.39, 0.29) is 6.10 Å². The predicted octanol–water partition coefficient (Wildman–Crippen LogP) is 7.78. The van der Waals surface area contributed by atoms with Gasteiger partial charge in [0.15, 0.2) is 0 Å². The SMILES string of the molecule is CC(C)CCC[C@@H](C)[C@H]1CCC2=C3CCC4[C@H](C)[C@@H](O)CC[C@]4(C)[C@H]3CC[C@@]21C. The van der Waals surface area contributed by atoms with Crippen LogP contribution in [0.4, 0.5) is 0 Å². The van der Waals surface area contributed by atoms with Gasteiger partial charge in [-0.05, 0) is 97.7 Å². The second kappa shape index (κ2) is 7.99. The van der Waals surface area contributed by atoms with Crippen molar-refractivity contribution < 1.29 is 5.11 Å². The van der Waals surface area contributed by atoms with E-state index in [4.69, 9.17) is 0 Å². The Morgan fingerprint density at radius 1 is 0.966 bits per heavy atom. The fourth-order valence-electron chi connectivity index (χ4n) is 8.95. The molecule has 0 saturated heterocycles. The van der Waals surface area contributed by atoms with Crippen molar-refractivity contribution in [1.29, 1.82) is 0 Å². The lowest BCUT2D eigenvalue weighted by molar-refractivity contribution is -0.0779. The van der Waals surface area contributed by atoms with Gasteiger partial charge in [-0.1, -0.05) is 72.0 Å². The van der Waals surface area contributed by atoms with Crippen molar-refractivity contribution in [3.8, 4) is 0 Å². The Balaban J connectivity index is 1.55. The first kappa shape index (κ1) is 21.9. The maximum absolute atomic E-state index is 10.5. The molecule has 0 aliphatic heterocycles. The van der Waals surface area contributed by atoms with Crippen molar-refractivity contribution in [2.45, 2.75) is 118 Å². The summed E-state index contributed by atoms with van der Waals surface area (Å²) in [4.78, 5) is 0. The minimum atomic E-state index is -0.0568. The monoisotopic (exact) mass is 400 g/mol. The average Bonchev–Trinajstić information content (AvgIpc) is 3.02. The van der Waals surface area contributed by atoms with Gasteiger partial charge in [-0.15, -0.1) is 0 Å². The molecular weight excluding hydrogens is 352 g/mol. The molecule has 1 N–H and O–H groups in total. The van der Waals surface area contributed by atoms with Crippen molar-refractivity contribution in [3.05, 3.63) is 11.1 Å². The first-order chi connectivity index (χ1) is 13.7. The zero-order chi connectivity index (χ0) is 21.0. The number of fused-ring (bicyclic) bond motifs is 4. The van der Waals surface area contributed by atoms with Gasteiger partial charge < -0.3 is 5.11 Å². The van der Waals surface area contributed by atoms with Gasteiger partial charge in [-0.2, -0.15) is 0 Å². The van der Waals surface area contributed by atoms with Gasteiger partial charge in [0.2, 0.25) is 0 Å². The van der Waals surface area contributed by atoms with E-state index in [1.807, 2.05) is 11.1 Å². The van der Waals surface area contributed by atoms with Gasteiger partial charge in [-0.3, -0.25) is 0 Å². The molecule has 0 radical (unpaired) electrons. The number of hydrogen-bond acceptors (Lipinski definition) is 1. The maximum Gasteiger partial charge on any atom is 0.0568 e. The van der Waals surface area contributed by atoms with Crippen LogP contribution in [0.2, 0.25) is 0 Å². The number of allylic oxidation sites excluding steroid dienone is 2. The summed E-state index contributed by atoms with van der Waals surface area (Å²) in [6.07, 6.45) is 14.8. The van der Waals surface area contributed by atoms with Gasteiger partial charge in [0, 0.05) is 0 Å². The molecule has 0 spiro atoms. The molecule has 0 bridgehead atoms. The molecule has 3 fully saturated rings. The summed E-state index contributed by atoms with van der Waals surface area (Å²) < 4.78 is 0. The molecular formula is C28H48O. The quantitative estimate of drug-likeness (QED) is 0.467. The minimum absolute atomic E-state index is 0.0568. The molecule has 1 nitrogen and oxygen atoms in total. The van der Waals surface area contributed by atoms with Crippen molar-refractivity contribution >= 4 is 0 Å². The Labute approximate surface area is 181 Å². The van der Waals surface area contributed by atoms with Gasteiger partial charge in [-0.25, -0.2) is 0 Å². The lowest BCUT2D eigenvalue weighted by Gasteiger charge is -2.58. The Morgan fingerprint density at radius 2 is 1.72 bits per heavy atom. The van der Waals surface area contributed by atoms with E-state index in [2.05, 4.69) is 41.5 Å². The average molecular weight is 401 g/mol. The summed E-state index contributed by atoms with van der Waals surface area (Å²) in [7, 11) is 0.